The number of aromatic amines is 1. The number of rotatable bonds is 4. The first-order valence-corrected chi connectivity index (χ1v) is 7.59. The summed E-state index contributed by atoms with van der Waals surface area (Å²) in [4.78, 5) is 4.28. The second-order valence-corrected chi connectivity index (χ2v) is 6.01. The monoisotopic (exact) mass is 293 g/mol. The number of nitrogens with zero attached hydrogens (tertiary/aromatic N) is 4. The van der Waals surface area contributed by atoms with Crippen LogP contribution in [0.3, 0.4) is 0 Å². The Hall–Kier alpha value is -2.50. The zero-order chi connectivity index (χ0) is 14.5. The molecule has 0 spiro atoms. The van der Waals surface area contributed by atoms with Crippen LogP contribution in [0, 0.1) is 11.8 Å². The van der Waals surface area contributed by atoms with Crippen molar-refractivity contribution in [2.45, 2.75) is 12.3 Å². The van der Waals surface area contributed by atoms with Crippen LogP contribution in [0.5, 0.6) is 5.75 Å². The predicted molar refractivity (Wildman–Crippen MR) is 80.2 cm³/mol. The second kappa shape index (κ2) is 4.50. The van der Waals surface area contributed by atoms with Gasteiger partial charge in [-0.15, -0.1) is 5.11 Å². The first-order valence-electron chi connectivity index (χ1n) is 7.59. The van der Waals surface area contributed by atoms with E-state index in [9.17, 15) is 0 Å². The summed E-state index contributed by atoms with van der Waals surface area (Å²) in [5.74, 6) is 3.41. The molecule has 1 aromatic heterocycles. The number of amidine groups is 1. The van der Waals surface area contributed by atoms with Crippen LogP contribution < -0.4 is 4.74 Å². The van der Waals surface area contributed by atoms with Crippen LogP contribution >= 0.6 is 0 Å². The third-order valence-electron chi connectivity index (χ3n) is 4.84. The predicted octanol–water partition coefficient (Wildman–Crippen LogP) is 2.54. The molecule has 1 N–H and O–H groups in total. The number of para-hydroxylation sites is 1. The first-order chi connectivity index (χ1) is 10.9. The highest BCUT2D eigenvalue weighted by molar-refractivity contribution is 5.99. The number of azo groups is 1. The van der Waals surface area contributed by atoms with Gasteiger partial charge in [-0.2, -0.15) is 10.2 Å². The minimum Gasteiger partial charge on any atom is -0.493 e. The SMILES string of the molecule is c1ccc(OCC2C3Cc4c(n[nH]c4C4=NCN=N4)C23)cc1. The molecule has 0 saturated heterocycles. The van der Waals surface area contributed by atoms with E-state index in [0.717, 1.165) is 24.5 Å². The van der Waals surface area contributed by atoms with E-state index in [-0.39, 0.29) is 0 Å². The third-order valence-corrected chi connectivity index (χ3v) is 4.84. The lowest BCUT2D eigenvalue weighted by atomic mass is 10.1. The van der Waals surface area contributed by atoms with Crippen LogP contribution in [0.1, 0.15) is 22.9 Å². The number of aliphatic imine (C=N–C) groups is 1. The third kappa shape index (κ3) is 1.73. The number of benzene rings is 1. The maximum Gasteiger partial charge on any atom is 0.197 e. The molecule has 5 rings (SSSR count). The number of hydrogen-bond acceptors (Lipinski definition) is 5. The molecule has 3 aliphatic rings. The molecule has 3 unspecified atom stereocenters. The van der Waals surface area contributed by atoms with Gasteiger partial charge in [0.05, 0.1) is 12.3 Å². The van der Waals surface area contributed by atoms with Gasteiger partial charge in [0, 0.05) is 17.4 Å². The molecule has 2 aliphatic carbocycles. The number of hydrogen-bond donors (Lipinski definition) is 1. The molecule has 1 saturated carbocycles. The lowest BCUT2D eigenvalue weighted by Gasteiger charge is -2.07. The fourth-order valence-corrected chi connectivity index (χ4v) is 3.71. The summed E-state index contributed by atoms with van der Waals surface area (Å²) in [5, 5.41) is 15.6. The Kier molecular flexibility index (Phi) is 2.47. The average molecular weight is 293 g/mol. The van der Waals surface area contributed by atoms with E-state index in [0.29, 0.717) is 30.3 Å². The highest BCUT2D eigenvalue weighted by Crippen LogP contribution is 2.61. The maximum atomic E-state index is 5.89. The molecular formula is C16H15N5O. The number of ether oxygens (including phenoxy) is 1. The van der Waals surface area contributed by atoms with Crippen molar-refractivity contribution in [1.82, 2.24) is 10.2 Å². The average Bonchev–Trinajstić information content (AvgIpc) is 3.02. The van der Waals surface area contributed by atoms with Crippen molar-refractivity contribution in [3.05, 3.63) is 47.3 Å². The molecule has 2 aromatic rings. The summed E-state index contributed by atoms with van der Waals surface area (Å²) in [6.45, 7) is 1.20. The van der Waals surface area contributed by atoms with Crippen molar-refractivity contribution in [2.24, 2.45) is 27.1 Å². The number of fused-ring (bicyclic) bond motifs is 3. The van der Waals surface area contributed by atoms with E-state index in [2.05, 4.69) is 25.4 Å². The molecule has 6 heteroatoms. The number of aromatic nitrogens is 2. The topological polar surface area (TPSA) is 75.0 Å². The van der Waals surface area contributed by atoms with Crippen molar-refractivity contribution in [1.29, 1.82) is 0 Å². The molecule has 1 aliphatic heterocycles. The van der Waals surface area contributed by atoms with Gasteiger partial charge in [-0.1, -0.05) is 18.2 Å². The Morgan fingerprint density at radius 3 is 2.95 bits per heavy atom. The van der Waals surface area contributed by atoms with Gasteiger partial charge in [0.25, 0.3) is 0 Å². The number of H-pyrrole nitrogens is 1. The van der Waals surface area contributed by atoms with Crippen molar-refractivity contribution in [3.63, 3.8) is 0 Å². The maximum absolute atomic E-state index is 5.89. The minimum absolute atomic E-state index is 0.434. The molecular weight excluding hydrogens is 278 g/mol. The van der Waals surface area contributed by atoms with Crippen LogP contribution in [0.4, 0.5) is 0 Å². The van der Waals surface area contributed by atoms with E-state index in [1.807, 2.05) is 30.3 Å². The molecule has 110 valence electrons. The molecule has 6 nitrogen and oxygen atoms in total. The Morgan fingerprint density at radius 1 is 1.23 bits per heavy atom. The fourth-order valence-electron chi connectivity index (χ4n) is 3.71. The quantitative estimate of drug-likeness (QED) is 0.940. The van der Waals surface area contributed by atoms with Crippen LogP contribution in [-0.4, -0.2) is 29.3 Å². The van der Waals surface area contributed by atoms with Crippen LogP contribution in [0.2, 0.25) is 0 Å². The van der Waals surface area contributed by atoms with Gasteiger partial charge < -0.3 is 4.74 Å². The van der Waals surface area contributed by atoms with E-state index in [4.69, 9.17) is 4.74 Å². The largest absolute Gasteiger partial charge is 0.493 e. The summed E-state index contributed by atoms with van der Waals surface area (Å²) in [7, 11) is 0. The van der Waals surface area contributed by atoms with Gasteiger partial charge in [0.1, 0.15) is 11.4 Å². The normalized spacial score (nSPS) is 27.5. The van der Waals surface area contributed by atoms with E-state index in [1.54, 1.807) is 0 Å². The summed E-state index contributed by atoms with van der Waals surface area (Å²) in [5.41, 5.74) is 3.43. The van der Waals surface area contributed by atoms with Crippen molar-refractivity contribution >= 4 is 5.84 Å². The Labute approximate surface area is 127 Å². The smallest absolute Gasteiger partial charge is 0.197 e. The summed E-state index contributed by atoms with van der Waals surface area (Å²) in [6.07, 6.45) is 1.04. The highest BCUT2D eigenvalue weighted by atomic mass is 16.5. The first kappa shape index (κ1) is 12.1. The van der Waals surface area contributed by atoms with Gasteiger partial charge in [0.2, 0.25) is 0 Å². The number of nitrogens with one attached hydrogen (secondary N) is 1. The summed E-state index contributed by atoms with van der Waals surface area (Å²) >= 11 is 0. The van der Waals surface area contributed by atoms with Gasteiger partial charge >= 0.3 is 0 Å². The zero-order valence-corrected chi connectivity index (χ0v) is 11.9. The van der Waals surface area contributed by atoms with Crippen molar-refractivity contribution in [3.8, 4) is 5.75 Å². The highest BCUT2D eigenvalue weighted by Gasteiger charge is 2.58. The Bertz CT molecular complexity index is 779. The zero-order valence-electron chi connectivity index (χ0n) is 11.9. The molecule has 0 radical (unpaired) electrons. The van der Waals surface area contributed by atoms with Gasteiger partial charge in [-0.25, -0.2) is 4.99 Å². The van der Waals surface area contributed by atoms with Crippen molar-refractivity contribution < 1.29 is 4.74 Å². The van der Waals surface area contributed by atoms with Gasteiger partial charge in [0.15, 0.2) is 12.5 Å². The van der Waals surface area contributed by atoms with Crippen LogP contribution in [-0.2, 0) is 6.42 Å². The molecule has 0 amide bonds. The summed E-state index contributed by atoms with van der Waals surface area (Å²) in [6, 6.07) is 9.99. The minimum atomic E-state index is 0.434. The lowest BCUT2D eigenvalue weighted by Crippen LogP contribution is -2.06. The van der Waals surface area contributed by atoms with E-state index < -0.39 is 0 Å². The molecule has 3 atom stereocenters. The van der Waals surface area contributed by atoms with E-state index >= 15 is 0 Å². The molecule has 1 fully saturated rings. The molecule has 2 heterocycles. The van der Waals surface area contributed by atoms with Crippen LogP contribution in [0.25, 0.3) is 0 Å². The fraction of sp³-hybridized carbons (Fsp3) is 0.375. The molecule has 0 bridgehead atoms. The van der Waals surface area contributed by atoms with Crippen LogP contribution in [0.15, 0.2) is 45.6 Å². The molecule has 22 heavy (non-hydrogen) atoms. The Morgan fingerprint density at radius 2 is 2.14 bits per heavy atom. The standard InChI is InChI=1S/C16H15N5O/c1-2-4-9(5-3-1)22-7-12-10-6-11-14(13(10)12)19-20-15(11)16-17-8-18-21-16/h1-5,10,12-13H,6-8H2,(H,19,20). The lowest BCUT2D eigenvalue weighted by molar-refractivity contribution is 0.288. The van der Waals surface area contributed by atoms with Gasteiger partial charge in [-0.3, -0.25) is 5.10 Å². The summed E-state index contributed by atoms with van der Waals surface area (Å²) < 4.78 is 5.89. The van der Waals surface area contributed by atoms with E-state index in [1.165, 1.54) is 11.3 Å². The van der Waals surface area contributed by atoms with Gasteiger partial charge in [-0.05, 0) is 24.5 Å². The molecule has 1 aromatic carbocycles. The second-order valence-electron chi connectivity index (χ2n) is 6.01. The Balaban J connectivity index is 1.30. The van der Waals surface area contributed by atoms with Crippen molar-refractivity contribution in [2.75, 3.05) is 13.3 Å².